The Bertz CT molecular complexity index is 1150. The van der Waals surface area contributed by atoms with Crippen molar-refractivity contribution in [1.29, 1.82) is 0 Å². The number of carbonyl (C=O) groups is 2. The summed E-state index contributed by atoms with van der Waals surface area (Å²) in [5.41, 5.74) is 3.19. The fourth-order valence-corrected chi connectivity index (χ4v) is 8.32. The van der Waals surface area contributed by atoms with Crippen LogP contribution in [0.25, 0.3) is 0 Å². The topological polar surface area (TPSA) is 98.3 Å². The molecule has 1 amide bonds. The number of aromatic carboxylic acids is 1. The molecule has 1 atom stereocenters. The van der Waals surface area contributed by atoms with Crippen LogP contribution in [-0.4, -0.2) is 45.4 Å². The molecule has 192 valence electrons. The van der Waals surface area contributed by atoms with E-state index in [2.05, 4.69) is 22.2 Å². The number of aromatic nitrogens is 2. The van der Waals surface area contributed by atoms with E-state index in [9.17, 15) is 14.7 Å². The number of nitrogens with one attached hydrogen (secondary N) is 2. The van der Waals surface area contributed by atoms with Gasteiger partial charge in [0.05, 0.1) is 11.6 Å². The summed E-state index contributed by atoms with van der Waals surface area (Å²) >= 11 is 0. The number of amides is 1. The number of anilines is 1. The second kappa shape index (κ2) is 9.02. The van der Waals surface area contributed by atoms with Crippen LogP contribution in [0.4, 0.5) is 5.69 Å². The zero-order valence-electron chi connectivity index (χ0n) is 21.5. The minimum absolute atomic E-state index is 0.199. The van der Waals surface area contributed by atoms with Crippen LogP contribution < -0.4 is 5.32 Å². The van der Waals surface area contributed by atoms with Gasteiger partial charge in [-0.15, -0.1) is 0 Å². The minimum atomic E-state index is -0.994. The lowest BCUT2D eigenvalue weighted by atomic mass is 9.48. The van der Waals surface area contributed by atoms with Gasteiger partial charge in [0.15, 0.2) is 0 Å². The lowest BCUT2D eigenvalue weighted by molar-refractivity contribution is -0.0570. The lowest BCUT2D eigenvalue weighted by Gasteiger charge is -2.57. The van der Waals surface area contributed by atoms with Crippen molar-refractivity contribution < 1.29 is 14.7 Å². The first-order valence-corrected chi connectivity index (χ1v) is 13.7. The normalized spacial score (nSPS) is 31.2. The van der Waals surface area contributed by atoms with Gasteiger partial charge in [0.2, 0.25) is 0 Å². The van der Waals surface area contributed by atoms with E-state index in [1.807, 2.05) is 0 Å². The molecule has 4 aliphatic carbocycles. The molecule has 36 heavy (non-hydrogen) atoms. The quantitative estimate of drug-likeness (QED) is 0.470. The Kier molecular flexibility index (Phi) is 5.94. The highest BCUT2D eigenvalue weighted by atomic mass is 16.4. The van der Waals surface area contributed by atoms with Crippen molar-refractivity contribution in [1.82, 2.24) is 14.9 Å². The SMILES string of the molecule is Cc1ccc(NC(=O)c2nc(C3CCCN3C)[nH]c2CCC23CC4CC(CC(C4)C2)C3)cc1C(=O)O. The Morgan fingerprint density at radius 3 is 2.47 bits per heavy atom. The summed E-state index contributed by atoms with van der Waals surface area (Å²) in [5.74, 6) is 2.36. The molecule has 7 nitrogen and oxygen atoms in total. The fraction of sp³-hybridized carbons (Fsp3) is 0.621. The number of carboxylic acid groups (broad SMARTS) is 1. The van der Waals surface area contributed by atoms with E-state index in [0.717, 1.165) is 61.5 Å². The van der Waals surface area contributed by atoms with E-state index in [1.165, 1.54) is 44.6 Å². The van der Waals surface area contributed by atoms with Crippen LogP contribution in [0.2, 0.25) is 0 Å². The second-order valence-corrected chi connectivity index (χ2v) is 12.3. The number of hydrogen-bond donors (Lipinski definition) is 3. The molecule has 5 fully saturated rings. The smallest absolute Gasteiger partial charge is 0.336 e. The molecule has 1 aromatic heterocycles. The Labute approximate surface area is 213 Å². The number of aryl methyl sites for hydroxylation is 2. The largest absolute Gasteiger partial charge is 0.478 e. The predicted octanol–water partition coefficient (Wildman–Crippen LogP) is 5.58. The number of H-pyrrole nitrogens is 1. The summed E-state index contributed by atoms with van der Waals surface area (Å²) in [6.45, 7) is 2.80. The van der Waals surface area contributed by atoms with Gasteiger partial charge >= 0.3 is 5.97 Å². The molecule has 1 saturated heterocycles. The van der Waals surface area contributed by atoms with Gasteiger partial charge in [-0.05, 0) is 126 Å². The van der Waals surface area contributed by atoms with Crippen molar-refractivity contribution in [2.45, 2.75) is 77.2 Å². The van der Waals surface area contributed by atoms with Crippen molar-refractivity contribution in [3.8, 4) is 0 Å². The van der Waals surface area contributed by atoms with Crippen molar-refractivity contribution >= 4 is 17.6 Å². The standard InChI is InChI=1S/C29H38N4O3/c1-17-5-6-21(13-22(17)28(35)36)30-27(34)25-23(31-26(32-25)24-4-3-9-33(24)2)7-8-29-14-18-10-19(15-29)12-20(11-18)16-29/h5-6,13,18-20,24H,3-4,7-12,14-16H2,1-2H3,(H,30,34)(H,31,32)(H,35,36). The summed E-state index contributed by atoms with van der Waals surface area (Å²) in [6.07, 6.45) is 12.5. The van der Waals surface area contributed by atoms with Gasteiger partial charge in [0.1, 0.15) is 11.5 Å². The number of carboxylic acids is 1. The second-order valence-electron chi connectivity index (χ2n) is 12.3. The average molecular weight is 491 g/mol. The molecule has 0 radical (unpaired) electrons. The molecule has 2 heterocycles. The third-order valence-electron chi connectivity index (χ3n) is 9.64. The van der Waals surface area contributed by atoms with Crippen LogP contribution >= 0.6 is 0 Å². The van der Waals surface area contributed by atoms with Crippen molar-refractivity contribution in [3.63, 3.8) is 0 Å². The number of imidazole rings is 1. The number of benzene rings is 1. The number of rotatable bonds is 7. The van der Waals surface area contributed by atoms with Crippen LogP contribution in [0.5, 0.6) is 0 Å². The predicted molar refractivity (Wildman–Crippen MR) is 138 cm³/mol. The third kappa shape index (κ3) is 4.36. The van der Waals surface area contributed by atoms with E-state index in [4.69, 9.17) is 4.98 Å². The first kappa shape index (κ1) is 23.7. The lowest BCUT2D eigenvalue weighted by Crippen LogP contribution is -2.46. The molecule has 5 aliphatic rings. The average Bonchev–Trinajstić information content (AvgIpc) is 3.44. The number of nitrogens with zero attached hydrogens (tertiary/aromatic N) is 2. The molecule has 1 aromatic carbocycles. The fourth-order valence-electron chi connectivity index (χ4n) is 8.32. The maximum atomic E-state index is 13.5. The summed E-state index contributed by atoms with van der Waals surface area (Å²) in [6, 6.07) is 5.23. The van der Waals surface area contributed by atoms with Gasteiger partial charge in [-0.3, -0.25) is 9.69 Å². The molecule has 2 aromatic rings. The molecular formula is C29H38N4O3. The van der Waals surface area contributed by atoms with Gasteiger partial charge in [0.25, 0.3) is 5.91 Å². The molecule has 4 saturated carbocycles. The number of likely N-dealkylation sites (tertiary alicyclic amines) is 1. The molecule has 3 N–H and O–H groups in total. The van der Waals surface area contributed by atoms with Crippen LogP contribution in [0.1, 0.15) is 102 Å². The maximum absolute atomic E-state index is 13.5. The summed E-state index contributed by atoms with van der Waals surface area (Å²) in [7, 11) is 2.12. The molecule has 7 heteroatoms. The van der Waals surface area contributed by atoms with Crippen LogP contribution in [0.3, 0.4) is 0 Å². The van der Waals surface area contributed by atoms with E-state index >= 15 is 0 Å². The Hall–Kier alpha value is -2.67. The first-order chi connectivity index (χ1) is 17.3. The highest BCUT2D eigenvalue weighted by Crippen LogP contribution is 2.61. The Balaban J connectivity index is 1.25. The monoisotopic (exact) mass is 490 g/mol. The highest BCUT2D eigenvalue weighted by molar-refractivity contribution is 6.04. The Morgan fingerprint density at radius 1 is 1.17 bits per heavy atom. The van der Waals surface area contributed by atoms with Gasteiger partial charge in [-0.25, -0.2) is 9.78 Å². The van der Waals surface area contributed by atoms with Crippen LogP contribution in [0, 0.1) is 30.1 Å². The van der Waals surface area contributed by atoms with E-state index < -0.39 is 5.97 Å². The number of aromatic amines is 1. The molecular weight excluding hydrogens is 452 g/mol. The van der Waals surface area contributed by atoms with Crippen LogP contribution in [0.15, 0.2) is 18.2 Å². The first-order valence-electron chi connectivity index (χ1n) is 13.7. The van der Waals surface area contributed by atoms with E-state index in [-0.39, 0.29) is 17.5 Å². The zero-order chi connectivity index (χ0) is 25.0. The minimum Gasteiger partial charge on any atom is -0.478 e. The van der Waals surface area contributed by atoms with Crippen molar-refractivity contribution in [2.75, 3.05) is 18.9 Å². The maximum Gasteiger partial charge on any atom is 0.336 e. The summed E-state index contributed by atoms with van der Waals surface area (Å²) in [4.78, 5) is 35.8. The zero-order valence-corrected chi connectivity index (χ0v) is 21.5. The molecule has 4 bridgehead atoms. The van der Waals surface area contributed by atoms with Crippen molar-refractivity contribution in [3.05, 3.63) is 46.5 Å². The number of hydrogen-bond acceptors (Lipinski definition) is 4. The van der Waals surface area contributed by atoms with Gasteiger partial charge in [0, 0.05) is 11.4 Å². The van der Waals surface area contributed by atoms with Gasteiger partial charge in [-0.2, -0.15) is 0 Å². The third-order valence-corrected chi connectivity index (χ3v) is 9.64. The van der Waals surface area contributed by atoms with Crippen molar-refractivity contribution in [2.24, 2.45) is 23.2 Å². The summed E-state index contributed by atoms with van der Waals surface area (Å²) in [5, 5.41) is 12.4. The molecule has 0 spiro atoms. The highest BCUT2D eigenvalue weighted by Gasteiger charge is 2.50. The number of carbonyl (C=O) groups excluding carboxylic acids is 1. The van der Waals surface area contributed by atoms with Gasteiger partial charge < -0.3 is 15.4 Å². The van der Waals surface area contributed by atoms with E-state index in [1.54, 1.807) is 19.1 Å². The Morgan fingerprint density at radius 2 is 1.86 bits per heavy atom. The van der Waals surface area contributed by atoms with Gasteiger partial charge in [-0.1, -0.05) is 6.07 Å². The van der Waals surface area contributed by atoms with Crippen LogP contribution in [-0.2, 0) is 6.42 Å². The van der Waals surface area contributed by atoms with E-state index in [0.29, 0.717) is 22.4 Å². The molecule has 7 rings (SSSR count). The summed E-state index contributed by atoms with van der Waals surface area (Å²) < 4.78 is 0. The molecule has 1 unspecified atom stereocenters. The molecule has 1 aliphatic heterocycles.